The average molecular weight is 227 g/mol. The van der Waals surface area contributed by atoms with Gasteiger partial charge < -0.3 is 15.4 Å². The van der Waals surface area contributed by atoms with Crippen LogP contribution in [-0.2, 0) is 4.74 Å². The summed E-state index contributed by atoms with van der Waals surface area (Å²) in [5.74, 6) is 1.94. The summed E-state index contributed by atoms with van der Waals surface area (Å²) in [6.07, 6.45) is 6.53. The minimum atomic E-state index is 0.797. The van der Waals surface area contributed by atoms with Gasteiger partial charge in [0.15, 0.2) is 5.96 Å². The molecule has 94 valence electrons. The van der Waals surface area contributed by atoms with Crippen molar-refractivity contribution in [1.29, 1.82) is 0 Å². The maximum atomic E-state index is 4.99. The molecule has 0 saturated heterocycles. The zero-order valence-electron chi connectivity index (χ0n) is 10.6. The molecule has 1 fully saturated rings. The molecule has 4 heteroatoms. The molecule has 0 radical (unpaired) electrons. The molecule has 0 spiro atoms. The molecule has 0 heterocycles. The third-order valence-electron chi connectivity index (χ3n) is 2.82. The van der Waals surface area contributed by atoms with Crippen molar-refractivity contribution in [3.05, 3.63) is 0 Å². The molecule has 0 aliphatic heterocycles. The van der Waals surface area contributed by atoms with Crippen LogP contribution >= 0.6 is 0 Å². The predicted octanol–water partition coefficient (Wildman–Crippen LogP) is 1.38. The third-order valence-corrected chi connectivity index (χ3v) is 2.82. The first kappa shape index (κ1) is 13.3. The molecule has 1 aliphatic rings. The van der Waals surface area contributed by atoms with Crippen molar-refractivity contribution in [3.63, 3.8) is 0 Å². The molecule has 16 heavy (non-hydrogen) atoms. The molecule has 0 amide bonds. The van der Waals surface area contributed by atoms with Crippen molar-refractivity contribution in [1.82, 2.24) is 10.6 Å². The summed E-state index contributed by atoms with van der Waals surface area (Å²) in [5.41, 5.74) is 0. The highest BCUT2D eigenvalue weighted by atomic mass is 16.5. The van der Waals surface area contributed by atoms with E-state index < -0.39 is 0 Å². The van der Waals surface area contributed by atoms with Gasteiger partial charge in [0.1, 0.15) is 0 Å². The van der Waals surface area contributed by atoms with E-state index in [0.29, 0.717) is 0 Å². The Morgan fingerprint density at radius 2 is 1.94 bits per heavy atom. The van der Waals surface area contributed by atoms with E-state index in [4.69, 9.17) is 4.74 Å². The first-order chi connectivity index (χ1) is 7.86. The van der Waals surface area contributed by atoms with E-state index in [2.05, 4.69) is 15.6 Å². The first-order valence-corrected chi connectivity index (χ1v) is 6.30. The number of ether oxygens (including phenoxy) is 1. The van der Waals surface area contributed by atoms with E-state index in [9.17, 15) is 0 Å². The lowest BCUT2D eigenvalue weighted by Gasteiger charge is -2.11. The minimum absolute atomic E-state index is 0.797. The average Bonchev–Trinajstić information content (AvgIpc) is 3.11. The fourth-order valence-electron chi connectivity index (χ4n) is 1.65. The largest absolute Gasteiger partial charge is 0.385 e. The van der Waals surface area contributed by atoms with Gasteiger partial charge in [-0.2, -0.15) is 0 Å². The molecule has 0 aromatic rings. The van der Waals surface area contributed by atoms with Gasteiger partial charge in [-0.05, 0) is 25.2 Å². The van der Waals surface area contributed by atoms with Crippen LogP contribution in [0.2, 0.25) is 0 Å². The van der Waals surface area contributed by atoms with E-state index in [1.807, 2.05) is 7.05 Å². The Hall–Kier alpha value is -0.770. The maximum Gasteiger partial charge on any atom is 0.190 e. The van der Waals surface area contributed by atoms with Gasteiger partial charge in [-0.15, -0.1) is 0 Å². The van der Waals surface area contributed by atoms with Crippen molar-refractivity contribution in [2.45, 2.75) is 32.1 Å². The highest BCUT2D eigenvalue weighted by Gasteiger charge is 2.19. The van der Waals surface area contributed by atoms with Gasteiger partial charge in [0.25, 0.3) is 0 Å². The van der Waals surface area contributed by atoms with E-state index in [1.54, 1.807) is 7.11 Å². The number of hydrogen-bond acceptors (Lipinski definition) is 2. The molecule has 1 aliphatic carbocycles. The standard InChI is InChI=1S/C12H25N3O/c1-13-12(15-9-4-10-16-2)14-8-3-5-11-6-7-11/h11H,3-10H2,1-2H3,(H2,13,14,15). The Morgan fingerprint density at radius 3 is 2.50 bits per heavy atom. The topological polar surface area (TPSA) is 45.7 Å². The third kappa shape index (κ3) is 6.67. The lowest BCUT2D eigenvalue weighted by molar-refractivity contribution is 0.195. The van der Waals surface area contributed by atoms with E-state index in [-0.39, 0.29) is 0 Å². The minimum Gasteiger partial charge on any atom is -0.385 e. The number of methoxy groups -OCH3 is 1. The molecule has 0 aromatic heterocycles. The lowest BCUT2D eigenvalue weighted by Crippen LogP contribution is -2.38. The molecular weight excluding hydrogens is 202 g/mol. The monoisotopic (exact) mass is 227 g/mol. The van der Waals surface area contributed by atoms with Crippen molar-refractivity contribution >= 4 is 5.96 Å². The van der Waals surface area contributed by atoms with E-state index in [0.717, 1.165) is 38.0 Å². The van der Waals surface area contributed by atoms with Crippen LogP contribution in [0.3, 0.4) is 0 Å². The molecule has 0 atom stereocenters. The van der Waals surface area contributed by atoms with Crippen LogP contribution in [0.4, 0.5) is 0 Å². The van der Waals surface area contributed by atoms with E-state index >= 15 is 0 Å². The van der Waals surface area contributed by atoms with Crippen LogP contribution in [0.15, 0.2) is 4.99 Å². The summed E-state index contributed by atoms with van der Waals surface area (Å²) < 4.78 is 4.99. The Bertz CT molecular complexity index is 202. The van der Waals surface area contributed by atoms with Gasteiger partial charge in [0.05, 0.1) is 0 Å². The fourth-order valence-corrected chi connectivity index (χ4v) is 1.65. The smallest absolute Gasteiger partial charge is 0.190 e. The maximum absolute atomic E-state index is 4.99. The predicted molar refractivity (Wildman–Crippen MR) is 67.8 cm³/mol. The van der Waals surface area contributed by atoms with Crippen LogP contribution < -0.4 is 10.6 Å². The van der Waals surface area contributed by atoms with Crippen LogP contribution in [-0.4, -0.2) is 39.8 Å². The SMILES string of the molecule is CN=C(NCCCOC)NCCCC1CC1. The second-order valence-corrected chi connectivity index (χ2v) is 4.36. The number of nitrogens with zero attached hydrogens (tertiary/aromatic N) is 1. The second kappa shape index (κ2) is 8.39. The zero-order chi connectivity index (χ0) is 11.6. The molecule has 4 nitrogen and oxygen atoms in total. The van der Waals surface area contributed by atoms with E-state index in [1.165, 1.54) is 25.7 Å². The van der Waals surface area contributed by atoms with Gasteiger partial charge in [0, 0.05) is 33.9 Å². The fraction of sp³-hybridized carbons (Fsp3) is 0.917. The molecule has 2 N–H and O–H groups in total. The number of guanidine groups is 1. The molecule has 1 rings (SSSR count). The molecule has 0 bridgehead atoms. The van der Waals surface area contributed by atoms with Gasteiger partial charge in [-0.3, -0.25) is 4.99 Å². The van der Waals surface area contributed by atoms with Gasteiger partial charge in [-0.25, -0.2) is 0 Å². The second-order valence-electron chi connectivity index (χ2n) is 4.36. The van der Waals surface area contributed by atoms with Crippen LogP contribution in [0.1, 0.15) is 32.1 Å². The number of aliphatic imine (C=N–C) groups is 1. The molecule has 0 aromatic carbocycles. The van der Waals surface area contributed by atoms with Gasteiger partial charge in [0.2, 0.25) is 0 Å². The van der Waals surface area contributed by atoms with Crippen molar-refractivity contribution in [2.24, 2.45) is 10.9 Å². The van der Waals surface area contributed by atoms with Crippen LogP contribution in [0, 0.1) is 5.92 Å². The highest BCUT2D eigenvalue weighted by Crippen LogP contribution is 2.33. The Kier molecular flexibility index (Phi) is 6.97. The Morgan fingerprint density at radius 1 is 1.25 bits per heavy atom. The van der Waals surface area contributed by atoms with Crippen molar-refractivity contribution in [2.75, 3.05) is 33.9 Å². The number of rotatable bonds is 8. The summed E-state index contributed by atoms with van der Waals surface area (Å²) in [7, 11) is 3.54. The Balaban J connectivity index is 1.93. The highest BCUT2D eigenvalue weighted by molar-refractivity contribution is 5.79. The summed E-state index contributed by atoms with van der Waals surface area (Å²) in [4.78, 5) is 4.17. The summed E-state index contributed by atoms with van der Waals surface area (Å²) in [5, 5.41) is 6.59. The number of hydrogen-bond donors (Lipinski definition) is 2. The summed E-state index contributed by atoms with van der Waals surface area (Å²) in [6.45, 7) is 2.74. The normalized spacial score (nSPS) is 16.2. The Labute approximate surface area is 98.9 Å². The summed E-state index contributed by atoms with van der Waals surface area (Å²) >= 11 is 0. The zero-order valence-corrected chi connectivity index (χ0v) is 10.6. The van der Waals surface area contributed by atoms with Crippen LogP contribution in [0.25, 0.3) is 0 Å². The van der Waals surface area contributed by atoms with Gasteiger partial charge in [-0.1, -0.05) is 12.8 Å². The summed E-state index contributed by atoms with van der Waals surface area (Å²) in [6, 6.07) is 0. The van der Waals surface area contributed by atoms with Crippen molar-refractivity contribution < 1.29 is 4.74 Å². The molecular formula is C12H25N3O. The van der Waals surface area contributed by atoms with Crippen molar-refractivity contribution in [3.8, 4) is 0 Å². The van der Waals surface area contributed by atoms with Gasteiger partial charge >= 0.3 is 0 Å². The molecule has 0 unspecified atom stereocenters. The quantitative estimate of drug-likeness (QED) is 0.374. The molecule has 1 saturated carbocycles. The number of nitrogens with one attached hydrogen (secondary N) is 2. The van der Waals surface area contributed by atoms with Crippen LogP contribution in [0.5, 0.6) is 0 Å². The first-order valence-electron chi connectivity index (χ1n) is 6.30. The lowest BCUT2D eigenvalue weighted by atomic mass is 10.2.